The number of benzene rings is 2. The lowest BCUT2D eigenvalue weighted by Gasteiger charge is -2.10. The Balaban J connectivity index is 1.54. The van der Waals surface area contributed by atoms with Gasteiger partial charge in [0.2, 0.25) is 0 Å². The van der Waals surface area contributed by atoms with Crippen molar-refractivity contribution >= 4 is 27.6 Å². The highest BCUT2D eigenvalue weighted by Gasteiger charge is 2.17. The molecule has 0 aliphatic carbocycles. The van der Waals surface area contributed by atoms with Gasteiger partial charge in [0.05, 0.1) is 33.9 Å². The average Bonchev–Trinajstić information content (AvgIpc) is 3.58. The number of aromatic amines is 2. The first-order valence-corrected chi connectivity index (χ1v) is 13.1. The largest absolute Gasteiger partial charge is 0.336 e. The Labute approximate surface area is 232 Å². The molecule has 3 heterocycles. The third kappa shape index (κ3) is 5.46. The van der Waals surface area contributed by atoms with Gasteiger partial charge in [-0.1, -0.05) is 30.9 Å². The van der Waals surface area contributed by atoms with E-state index < -0.39 is 5.82 Å². The summed E-state index contributed by atoms with van der Waals surface area (Å²) in [6.07, 6.45) is 8.07. The molecule has 0 fully saturated rings. The molecule has 5 aromatic rings. The Bertz CT molecular complexity index is 1810. The van der Waals surface area contributed by atoms with Crippen LogP contribution in [0.1, 0.15) is 31.0 Å². The first-order chi connectivity index (χ1) is 19.4. The standard InChI is InChI=1S/C32H30FN7/c1-5-20(9-8-14-40(3)4)15-22(6-2)26-12-13-28-30(35-26)31(39-38-28)32-36-27-11-7-10-25(29(27)37-32)23-16-21(19-34)17-24(33)18-23/h5-7,10-13,15-18H,1,8-9,14H2,2-4H3,(H,36,37)(H,38,39)/b20-15+,22-6+. The number of hydrogen-bond acceptors (Lipinski definition) is 5. The zero-order valence-electron chi connectivity index (χ0n) is 22.8. The van der Waals surface area contributed by atoms with Crippen molar-refractivity contribution in [2.75, 3.05) is 20.6 Å². The number of aromatic nitrogens is 5. The summed E-state index contributed by atoms with van der Waals surface area (Å²) in [4.78, 5) is 15.3. The summed E-state index contributed by atoms with van der Waals surface area (Å²) < 4.78 is 14.2. The summed E-state index contributed by atoms with van der Waals surface area (Å²) in [7, 11) is 4.15. The van der Waals surface area contributed by atoms with Gasteiger partial charge in [-0.2, -0.15) is 10.4 Å². The number of imidazole rings is 1. The second-order valence-corrected chi connectivity index (χ2v) is 9.87. The number of nitrogens with zero attached hydrogens (tertiary/aromatic N) is 5. The molecule has 0 aliphatic rings. The van der Waals surface area contributed by atoms with E-state index in [4.69, 9.17) is 9.97 Å². The lowest BCUT2D eigenvalue weighted by Crippen LogP contribution is -2.12. The Hall–Kier alpha value is -4.87. The van der Waals surface area contributed by atoms with Crippen LogP contribution >= 0.6 is 0 Å². The second kappa shape index (κ2) is 11.5. The predicted octanol–water partition coefficient (Wildman–Crippen LogP) is 7.04. The van der Waals surface area contributed by atoms with Crippen LogP contribution in [0.3, 0.4) is 0 Å². The van der Waals surface area contributed by atoms with Gasteiger partial charge >= 0.3 is 0 Å². The molecule has 0 unspecified atom stereocenters. The molecule has 2 aromatic carbocycles. The highest BCUT2D eigenvalue weighted by atomic mass is 19.1. The molecule has 200 valence electrons. The molecule has 7 nitrogen and oxygen atoms in total. The van der Waals surface area contributed by atoms with Crippen molar-refractivity contribution in [3.8, 4) is 28.7 Å². The maximum Gasteiger partial charge on any atom is 0.161 e. The van der Waals surface area contributed by atoms with Crippen molar-refractivity contribution in [1.82, 2.24) is 30.0 Å². The van der Waals surface area contributed by atoms with Crippen molar-refractivity contribution in [1.29, 1.82) is 5.26 Å². The van der Waals surface area contributed by atoms with Crippen LogP contribution in [0.4, 0.5) is 4.39 Å². The van der Waals surface area contributed by atoms with Gasteiger partial charge in [-0.3, -0.25) is 5.10 Å². The molecule has 0 amide bonds. The lowest BCUT2D eigenvalue weighted by molar-refractivity contribution is 0.400. The fraction of sp³-hybridized carbons (Fsp3) is 0.188. The fourth-order valence-electron chi connectivity index (χ4n) is 4.75. The fourth-order valence-corrected chi connectivity index (χ4v) is 4.75. The molecule has 0 bridgehead atoms. The van der Waals surface area contributed by atoms with Crippen LogP contribution < -0.4 is 0 Å². The number of nitriles is 1. The number of hydrogen-bond donors (Lipinski definition) is 2. The monoisotopic (exact) mass is 531 g/mol. The van der Waals surface area contributed by atoms with Gasteiger partial charge in [-0.15, -0.1) is 0 Å². The molecule has 3 aromatic heterocycles. The van der Waals surface area contributed by atoms with Gasteiger partial charge in [-0.05, 0) is 99.6 Å². The number of rotatable bonds is 9. The third-order valence-corrected chi connectivity index (χ3v) is 6.76. The molecule has 2 N–H and O–H groups in total. The number of allylic oxidation sites excluding steroid dienone is 5. The molecule has 8 heteroatoms. The minimum absolute atomic E-state index is 0.254. The van der Waals surface area contributed by atoms with Gasteiger partial charge in [-0.25, -0.2) is 14.4 Å². The highest BCUT2D eigenvalue weighted by Crippen LogP contribution is 2.32. The van der Waals surface area contributed by atoms with E-state index in [1.807, 2.05) is 55.5 Å². The van der Waals surface area contributed by atoms with Crippen LogP contribution in [0, 0.1) is 17.1 Å². The zero-order chi connectivity index (χ0) is 28.2. The minimum Gasteiger partial charge on any atom is -0.336 e. The maximum absolute atomic E-state index is 14.2. The van der Waals surface area contributed by atoms with Crippen LogP contribution in [0.2, 0.25) is 0 Å². The number of pyridine rings is 1. The molecule has 0 radical (unpaired) electrons. The van der Waals surface area contributed by atoms with E-state index in [1.54, 1.807) is 6.07 Å². The summed E-state index contributed by atoms with van der Waals surface area (Å²) >= 11 is 0. The smallest absolute Gasteiger partial charge is 0.161 e. The minimum atomic E-state index is -0.469. The molecule has 5 rings (SSSR count). The number of H-pyrrole nitrogens is 2. The molecular formula is C32H30FN7. The topological polar surface area (TPSA) is 97.3 Å². The molecule has 40 heavy (non-hydrogen) atoms. The summed E-state index contributed by atoms with van der Waals surface area (Å²) in [5.74, 6) is 0.0753. The summed E-state index contributed by atoms with van der Waals surface area (Å²) in [6, 6.07) is 15.9. The summed E-state index contributed by atoms with van der Waals surface area (Å²) in [6.45, 7) is 7.02. The Morgan fingerprint density at radius 3 is 2.70 bits per heavy atom. The lowest BCUT2D eigenvalue weighted by atomic mass is 10.0. The zero-order valence-corrected chi connectivity index (χ0v) is 22.8. The summed E-state index contributed by atoms with van der Waals surface area (Å²) in [5, 5.41) is 16.9. The summed E-state index contributed by atoms with van der Waals surface area (Å²) in [5.41, 5.74) is 8.04. The first-order valence-electron chi connectivity index (χ1n) is 13.1. The van der Waals surface area contributed by atoms with Gasteiger partial charge < -0.3 is 9.88 Å². The van der Waals surface area contributed by atoms with E-state index in [0.717, 1.165) is 52.8 Å². The average molecular weight is 532 g/mol. The van der Waals surface area contributed by atoms with Crippen LogP contribution in [0.25, 0.3) is 50.3 Å². The number of halogens is 1. The third-order valence-electron chi connectivity index (χ3n) is 6.76. The first kappa shape index (κ1) is 26.7. The molecule has 0 atom stereocenters. The van der Waals surface area contributed by atoms with Crippen molar-refractivity contribution < 1.29 is 4.39 Å². The van der Waals surface area contributed by atoms with E-state index in [1.165, 1.54) is 12.1 Å². The van der Waals surface area contributed by atoms with Gasteiger partial charge in [0.1, 0.15) is 11.3 Å². The van der Waals surface area contributed by atoms with Crippen molar-refractivity contribution in [2.24, 2.45) is 0 Å². The maximum atomic E-state index is 14.2. The quantitative estimate of drug-likeness (QED) is 0.199. The van der Waals surface area contributed by atoms with Crippen molar-refractivity contribution in [2.45, 2.75) is 19.8 Å². The van der Waals surface area contributed by atoms with Gasteiger partial charge in [0.15, 0.2) is 11.5 Å². The Kier molecular flexibility index (Phi) is 7.67. The normalized spacial score (nSPS) is 12.4. The van der Waals surface area contributed by atoms with E-state index in [-0.39, 0.29) is 5.56 Å². The molecular weight excluding hydrogens is 501 g/mol. The van der Waals surface area contributed by atoms with Crippen LogP contribution in [0.5, 0.6) is 0 Å². The van der Waals surface area contributed by atoms with Crippen molar-refractivity contribution in [3.05, 3.63) is 96.0 Å². The van der Waals surface area contributed by atoms with E-state index >= 15 is 0 Å². The van der Waals surface area contributed by atoms with Crippen LogP contribution in [-0.4, -0.2) is 50.7 Å². The highest BCUT2D eigenvalue weighted by molar-refractivity contribution is 5.96. The van der Waals surface area contributed by atoms with Crippen LogP contribution in [-0.2, 0) is 0 Å². The Morgan fingerprint density at radius 2 is 1.95 bits per heavy atom. The molecule has 0 saturated heterocycles. The predicted molar refractivity (Wildman–Crippen MR) is 159 cm³/mol. The number of nitrogens with one attached hydrogen (secondary N) is 2. The van der Waals surface area contributed by atoms with E-state index in [0.29, 0.717) is 28.1 Å². The molecule has 0 aliphatic heterocycles. The van der Waals surface area contributed by atoms with Gasteiger partial charge in [0.25, 0.3) is 0 Å². The van der Waals surface area contributed by atoms with E-state index in [9.17, 15) is 9.65 Å². The number of para-hydroxylation sites is 1. The molecule has 0 saturated carbocycles. The SMILES string of the molecule is C=C/C(=C\C(=C/C)c1ccc2[nH]nc(-c3nc4c(-c5cc(F)cc(C#N)c5)cccc4[nH]3)c2n1)CCCN(C)C. The van der Waals surface area contributed by atoms with E-state index in [2.05, 4.69) is 46.8 Å². The van der Waals surface area contributed by atoms with Gasteiger partial charge in [0, 0.05) is 5.56 Å². The molecule has 0 spiro atoms. The Morgan fingerprint density at radius 1 is 1.10 bits per heavy atom. The number of fused-ring (bicyclic) bond motifs is 2. The van der Waals surface area contributed by atoms with Crippen molar-refractivity contribution in [3.63, 3.8) is 0 Å². The van der Waals surface area contributed by atoms with Crippen LogP contribution in [0.15, 0.2) is 78.9 Å². The second-order valence-electron chi connectivity index (χ2n) is 9.87.